The van der Waals surface area contributed by atoms with E-state index in [2.05, 4.69) is 37.8 Å². The highest BCUT2D eigenvalue weighted by molar-refractivity contribution is 5.97. The molecule has 0 aliphatic heterocycles. The molecule has 0 N–H and O–H groups in total. The van der Waals surface area contributed by atoms with Gasteiger partial charge in [0.2, 0.25) is 0 Å². The number of hydrogen-bond acceptors (Lipinski definition) is 3. The number of nitrogens with zero attached hydrogens (tertiary/aromatic N) is 2. The van der Waals surface area contributed by atoms with Crippen molar-refractivity contribution in [1.29, 1.82) is 0 Å². The van der Waals surface area contributed by atoms with Crippen molar-refractivity contribution in [2.75, 3.05) is 19.0 Å². The first-order valence-corrected chi connectivity index (χ1v) is 8.52. The van der Waals surface area contributed by atoms with Gasteiger partial charge in [0.1, 0.15) is 11.5 Å². The number of hydrogen-bond donors (Lipinski definition) is 0. The first-order chi connectivity index (χ1) is 11.4. The average Bonchev–Trinajstić information content (AvgIpc) is 3.04. The van der Waals surface area contributed by atoms with E-state index < -0.39 is 0 Å². The molecule has 24 heavy (non-hydrogen) atoms. The summed E-state index contributed by atoms with van der Waals surface area (Å²) in [6.45, 7) is 8.42. The molecule has 1 heterocycles. The Hall–Kier alpha value is -2.29. The van der Waals surface area contributed by atoms with E-state index >= 15 is 0 Å². The SMILES string of the molecule is CCCC(N=C(C)c1ccc(-c2ccccc2N(C)C)o1)=C(C)C. The van der Waals surface area contributed by atoms with E-state index in [1.54, 1.807) is 0 Å². The molecule has 0 spiro atoms. The van der Waals surface area contributed by atoms with Crippen molar-refractivity contribution in [2.45, 2.75) is 40.5 Å². The largest absolute Gasteiger partial charge is 0.455 e. The second-order valence-corrected chi connectivity index (χ2v) is 6.47. The predicted octanol–water partition coefficient (Wildman–Crippen LogP) is 5.92. The summed E-state index contributed by atoms with van der Waals surface area (Å²) in [7, 11) is 4.09. The Morgan fingerprint density at radius 3 is 2.38 bits per heavy atom. The summed E-state index contributed by atoms with van der Waals surface area (Å²) >= 11 is 0. The van der Waals surface area contributed by atoms with Crippen LogP contribution in [0.25, 0.3) is 11.3 Å². The fourth-order valence-corrected chi connectivity index (χ4v) is 2.66. The quantitative estimate of drug-likeness (QED) is 0.617. The van der Waals surface area contributed by atoms with Crippen LogP contribution in [-0.4, -0.2) is 19.8 Å². The highest BCUT2D eigenvalue weighted by Gasteiger charge is 2.12. The van der Waals surface area contributed by atoms with Crippen LogP contribution in [0.15, 0.2) is 57.1 Å². The lowest BCUT2D eigenvalue weighted by Gasteiger charge is -2.15. The van der Waals surface area contributed by atoms with E-state index in [-0.39, 0.29) is 0 Å². The Bertz CT molecular complexity index is 747. The maximum absolute atomic E-state index is 6.10. The molecule has 1 aromatic carbocycles. The van der Waals surface area contributed by atoms with Crippen molar-refractivity contribution >= 4 is 11.4 Å². The predicted molar refractivity (Wildman–Crippen MR) is 104 cm³/mol. The summed E-state index contributed by atoms with van der Waals surface area (Å²) in [4.78, 5) is 6.89. The van der Waals surface area contributed by atoms with Gasteiger partial charge in [-0.15, -0.1) is 0 Å². The van der Waals surface area contributed by atoms with Crippen molar-refractivity contribution in [3.8, 4) is 11.3 Å². The maximum Gasteiger partial charge on any atom is 0.148 e. The van der Waals surface area contributed by atoms with Crippen LogP contribution in [-0.2, 0) is 0 Å². The lowest BCUT2D eigenvalue weighted by molar-refractivity contribution is 0.571. The van der Waals surface area contributed by atoms with E-state index in [9.17, 15) is 0 Å². The number of furan rings is 1. The van der Waals surface area contributed by atoms with Gasteiger partial charge < -0.3 is 9.32 Å². The number of allylic oxidation sites excluding steroid dienone is 2. The highest BCUT2D eigenvalue weighted by atomic mass is 16.3. The lowest BCUT2D eigenvalue weighted by Crippen LogP contribution is -2.09. The fourth-order valence-electron chi connectivity index (χ4n) is 2.66. The van der Waals surface area contributed by atoms with Crippen molar-refractivity contribution < 1.29 is 4.42 Å². The Balaban J connectivity index is 2.36. The molecular formula is C21H28N2O. The van der Waals surface area contributed by atoms with E-state index in [1.165, 1.54) is 5.57 Å². The summed E-state index contributed by atoms with van der Waals surface area (Å²) in [5, 5.41) is 0. The Labute approximate surface area is 145 Å². The molecule has 0 fully saturated rings. The van der Waals surface area contributed by atoms with Crippen LogP contribution in [0, 0.1) is 0 Å². The summed E-state index contributed by atoms with van der Waals surface area (Å²) in [6, 6.07) is 12.3. The molecule has 0 saturated carbocycles. The first kappa shape index (κ1) is 18.1. The van der Waals surface area contributed by atoms with Crippen molar-refractivity contribution in [2.24, 2.45) is 4.99 Å². The molecule has 1 aromatic heterocycles. The zero-order chi connectivity index (χ0) is 17.7. The minimum atomic E-state index is 0.827. The zero-order valence-corrected chi connectivity index (χ0v) is 15.7. The molecule has 0 aliphatic rings. The average molecular weight is 324 g/mol. The summed E-state index contributed by atoms with van der Waals surface area (Å²) in [6.07, 6.45) is 2.09. The third-order valence-electron chi connectivity index (χ3n) is 3.98. The molecule has 2 rings (SSSR count). The Morgan fingerprint density at radius 2 is 1.75 bits per heavy atom. The molecule has 3 heteroatoms. The van der Waals surface area contributed by atoms with Gasteiger partial charge in [-0.25, -0.2) is 0 Å². The summed E-state index contributed by atoms with van der Waals surface area (Å²) < 4.78 is 6.10. The fraction of sp³-hybridized carbons (Fsp3) is 0.381. The normalized spacial score (nSPS) is 11.5. The molecule has 128 valence electrons. The smallest absolute Gasteiger partial charge is 0.148 e. The molecule has 3 nitrogen and oxygen atoms in total. The van der Waals surface area contributed by atoms with E-state index in [1.807, 2.05) is 45.3 Å². The van der Waals surface area contributed by atoms with Gasteiger partial charge in [-0.1, -0.05) is 31.1 Å². The molecular weight excluding hydrogens is 296 g/mol. The van der Waals surface area contributed by atoms with Crippen molar-refractivity contribution in [3.63, 3.8) is 0 Å². The second-order valence-electron chi connectivity index (χ2n) is 6.47. The van der Waals surface area contributed by atoms with Crippen LogP contribution in [0.5, 0.6) is 0 Å². The monoisotopic (exact) mass is 324 g/mol. The molecule has 0 unspecified atom stereocenters. The van der Waals surface area contributed by atoms with Crippen LogP contribution in [0.3, 0.4) is 0 Å². The molecule has 0 aliphatic carbocycles. The molecule has 2 aromatic rings. The van der Waals surface area contributed by atoms with Crippen LogP contribution >= 0.6 is 0 Å². The van der Waals surface area contributed by atoms with Gasteiger partial charge >= 0.3 is 0 Å². The Kier molecular flexibility index (Phi) is 6.02. The van der Waals surface area contributed by atoms with Gasteiger partial charge in [0, 0.05) is 31.0 Å². The third kappa shape index (κ3) is 4.16. The van der Waals surface area contributed by atoms with Gasteiger partial charge in [0.15, 0.2) is 0 Å². The topological polar surface area (TPSA) is 28.7 Å². The second kappa shape index (κ2) is 8.00. The number of aliphatic imine (C=N–C) groups is 1. The minimum absolute atomic E-state index is 0.827. The number of para-hydroxylation sites is 1. The number of rotatable bonds is 6. The lowest BCUT2D eigenvalue weighted by atomic mass is 10.1. The molecule has 0 atom stereocenters. The van der Waals surface area contributed by atoms with Crippen LogP contribution in [0.1, 0.15) is 46.3 Å². The van der Waals surface area contributed by atoms with E-state index in [0.717, 1.165) is 47.0 Å². The molecule has 0 amide bonds. The van der Waals surface area contributed by atoms with Crippen molar-refractivity contribution in [1.82, 2.24) is 0 Å². The standard InChI is InChI=1S/C21H28N2O/c1-7-10-18(15(2)3)22-16(4)20-13-14-21(24-20)17-11-8-9-12-19(17)23(5)6/h8-9,11-14H,7,10H2,1-6H3. The zero-order valence-electron chi connectivity index (χ0n) is 15.7. The van der Waals surface area contributed by atoms with Crippen molar-refractivity contribution in [3.05, 3.63) is 53.4 Å². The van der Waals surface area contributed by atoms with Crippen LogP contribution in [0.4, 0.5) is 5.69 Å². The van der Waals surface area contributed by atoms with E-state index in [0.29, 0.717) is 0 Å². The minimum Gasteiger partial charge on any atom is -0.455 e. The van der Waals surface area contributed by atoms with E-state index in [4.69, 9.17) is 9.41 Å². The maximum atomic E-state index is 6.10. The van der Waals surface area contributed by atoms with Gasteiger partial charge in [0.25, 0.3) is 0 Å². The summed E-state index contributed by atoms with van der Waals surface area (Å²) in [5.74, 6) is 1.70. The van der Waals surface area contributed by atoms with Crippen LogP contribution in [0.2, 0.25) is 0 Å². The Morgan fingerprint density at radius 1 is 1.04 bits per heavy atom. The summed E-state index contributed by atoms with van der Waals surface area (Å²) in [5.41, 5.74) is 5.58. The molecule has 0 radical (unpaired) electrons. The highest BCUT2D eigenvalue weighted by Crippen LogP contribution is 2.31. The third-order valence-corrected chi connectivity index (χ3v) is 3.98. The van der Waals surface area contributed by atoms with Gasteiger partial charge in [0.05, 0.1) is 5.71 Å². The van der Waals surface area contributed by atoms with Gasteiger partial charge in [-0.05, 0) is 51.5 Å². The number of benzene rings is 1. The number of anilines is 1. The van der Waals surface area contributed by atoms with Gasteiger partial charge in [-0.3, -0.25) is 4.99 Å². The van der Waals surface area contributed by atoms with Crippen LogP contribution < -0.4 is 4.90 Å². The first-order valence-electron chi connectivity index (χ1n) is 8.52. The van der Waals surface area contributed by atoms with Gasteiger partial charge in [-0.2, -0.15) is 0 Å². The molecule has 0 saturated heterocycles. The molecule has 0 bridgehead atoms.